The van der Waals surface area contributed by atoms with Crippen molar-refractivity contribution >= 4 is 29.5 Å². The average Bonchev–Trinajstić information content (AvgIpc) is 3.43. The number of fused-ring (bicyclic) bond motifs is 1. The van der Waals surface area contributed by atoms with Crippen LogP contribution in [-0.2, 0) is 4.74 Å². The number of aromatic nitrogens is 2. The summed E-state index contributed by atoms with van der Waals surface area (Å²) in [5.74, 6) is -1.68. The molecule has 2 aliphatic rings. The number of esters is 1. The van der Waals surface area contributed by atoms with Crippen LogP contribution in [0.25, 0.3) is 5.69 Å². The highest BCUT2D eigenvalue weighted by Gasteiger charge is 2.40. The van der Waals surface area contributed by atoms with E-state index in [9.17, 15) is 19.2 Å². The molecule has 9 nitrogen and oxygen atoms in total. The lowest BCUT2D eigenvalue weighted by atomic mass is 9.94. The van der Waals surface area contributed by atoms with Crippen LogP contribution in [0.2, 0.25) is 0 Å². The van der Waals surface area contributed by atoms with Gasteiger partial charge in [-0.1, -0.05) is 37.5 Å². The van der Waals surface area contributed by atoms with Crippen molar-refractivity contribution in [2.24, 2.45) is 0 Å². The molecule has 1 aromatic heterocycles. The van der Waals surface area contributed by atoms with Gasteiger partial charge >= 0.3 is 5.97 Å². The molecule has 5 rings (SSSR count). The fourth-order valence-corrected chi connectivity index (χ4v) is 4.84. The number of rotatable bonds is 6. The molecule has 1 fully saturated rings. The molecule has 1 aliphatic heterocycles. The lowest BCUT2D eigenvalue weighted by Crippen LogP contribution is -2.40. The summed E-state index contributed by atoms with van der Waals surface area (Å²) >= 11 is 0. The molecule has 2 aromatic carbocycles. The second kappa shape index (κ2) is 9.77. The van der Waals surface area contributed by atoms with Crippen molar-refractivity contribution in [3.63, 3.8) is 0 Å². The first-order valence-electron chi connectivity index (χ1n) is 12.1. The number of ether oxygens (including phenoxy) is 1. The Labute approximate surface area is 208 Å². The van der Waals surface area contributed by atoms with E-state index in [2.05, 4.69) is 10.4 Å². The molecule has 9 heteroatoms. The third-order valence-electron chi connectivity index (χ3n) is 6.62. The highest BCUT2D eigenvalue weighted by molar-refractivity contribution is 6.22. The van der Waals surface area contributed by atoms with Crippen LogP contribution in [0.3, 0.4) is 0 Å². The van der Waals surface area contributed by atoms with Gasteiger partial charge in [0.2, 0.25) is 0 Å². The van der Waals surface area contributed by atoms with Gasteiger partial charge in [-0.2, -0.15) is 5.10 Å². The van der Waals surface area contributed by atoms with Crippen molar-refractivity contribution in [2.45, 2.75) is 45.1 Å². The van der Waals surface area contributed by atoms with Crippen LogP contribution in [0, 0.1) is 0 Å². The van der Waals surface area contributed by atoms with Crippen molar-refractivity contribution in [3.05, 3.63) is 77.0 Å². The second-order valence-corrected chi connectivity index (χ2v) is 8.86. The lowest BCUT2D eigenvalue weighted by molar-refractivity contribution is 0.0522. The van der Waals surface area contributed by atoms with Gasteiger partial charge in [-0.25, -0.2) is 9.48 Å². The Morgan fingerprint density at radius 1 is 1.00 bits per heavy atom. The number of benzene rings is 2. The van der Waals surface area contributed by atoms with Crippen LogP contribution in [-0.4, -0.2) is 51.0 Å². The van der Waals surface area contributed by atoms with Crippen molar-refractivity contribution in [3.8, 4) is 5.69 Å². The maximum absolute atomic E-state index is 13.3. The number of hydrogen-bond donors (Lipinski definition) is 1. The van der Waals surface area contributed by atoms with E-state index in [1.807, 2.05) is 18.2 Å². The van der Waals surface area contributed by atoms with E-state index in [0.29, 0.717) is 11.3 Å². The van der Waals surface area contributed by atoms with Gasteiger partial charge in [-0.3, -0.25) is 19.3 Å². The molecule has 0 radical (unpaired) electrons. The third-order valence-corrected chi connectivity index (χ3v) is 6.62. The summed E-state index contributed by atoms with van der Waals surface area (Å²) in [6.07, 6.45) is 6.04. The first kappa shape index (κ1) is 23.5. The summed E-state index contributed by atoms with van der Waals surface area (Å²) in [6.45, 7) is 1.86. The Bertz CT molecular complexity index is 1340. The second-order valence-electron chi connectivity index (χ2n) is 8.86. The zero-order chi connectivity index (χ0) is 25.2. The quantitative estimate of drug-likeness (QED) is 0.412. The first-order chi connectivity index (χ1) is 17.5. The molecule has 0 spiro atoms. The molecule has 0 atom stereocenters. The van der Waals surface area contributed by atoms with Gasteiger partial charge in [0.05, 0.1) is 29.6 Å². The maximum atomic E-state index is 13.3. The number of para-hydroxylation sites is 1. The Hall–Kier alpha value is -4.27. The highest BCUT2D eigenvalue weighted by Crippen LogP contribution is 2.32. The van der Waals surface area contributed by atoms with E-state index >= 15 is 0 Å². The summed E-state index contributed by atoms with van der Waals surface area (Å²) < 4.78 is 6.57. The number of nitrogens with one attached hydrogen (secondary N) is 1. The van der Waals surface area contributed by atoms with Gasteiger partial charge in [0.25, 0.3) is 17.7 Å². The van der Waals surface area contributed by atoms with E-state index in [-0.39, 0.29) is 47.0 Å². The zero-order valence-corrected chi connectivity index (χ0v) is 19.9. The number of amides is 3. The average molecular weight is 487 g/mol. The normalized spacial score (nSPS) is 15.6. The SMILES string of the molecule is CCOC(=O)c1cnn(-c2ccccc2)c1NC(=O)c1ccc2c(c1)C(=O)N(C1CCCCC1)C2=O. The summed E-state index contributed by atoms with van der Waals surface area (Å²) in [5, 5.41) is 7.03. The Morgan fingerprint density at radius 3 is 2.44 bits per heavy atom. The molecule has 1 saturated carbocycles. The van der Waals surface area contributed by atoms with Gasteiger partial charge in [-0.15, -0.1) is 0 Å². The minimum atomic E-state index is -0.618. The topological polar surface area (TPSA) is 111 Å². The molecule has 1 aliphatic carbocycles. The van der Waals surface area contributed by atoms with Crippen LogP contribution in [0.4, 0.5) is 5.82 Å². The molecule has 184 valence electrons. The van der Waals surface area contributed by atoms with Crippen molar-refractivity contribution < 1.29 is 23.9 Å². The van der Waals surface area contributed by atoms with E-state index in [0.717, 1.165) is 32.1 Å². The van der Waals surface area contributed by atoms with E-state index in [1.165, 1.54) is 34.0 Å². The maximum Gasteiger partial charge on any atom is 0.343 e. The van der Waals surface area contributed by atoms with E-state index in [4.69, 9.17) is 4.74 Å². The summed E-state index contributed by atoms with van der Waals surface area (Å²) in [5.41, 5.74) is 1.46. The van der Waals surface area contributed by atoms with Crippen molar-refractivity contribution in [1.29, 1.82) is 0 Å². The number of carbonyl (C=O) groups is 4. The summed E-state index contributed by atoms with van der Waals surface area (Å²) in [4.78, 5) is 53.3. The van der Waals surface area contributed by atoms with Gasteiger partial charge in [-0.05, 0) is 50.1 Å². The predicted molar refractivity (Wildman–Crippen MR) is 131 cm³/mol. The van der Waals surface area contributed by atoms with Crippen LogP contribution < -0.4 is 5.32 Å². The molecule has 36 heavy (non-hydrogen) atoms. The molecular weight excluding hydrogens is 460 g/mol. The number of imide groups is 1. The molecule has 0 bridgehead atoms. The summed E-state index contributed by atoms with van der Waals surface area (Å²) in [6, 6.07) is 13.4. The lowest BCUT2D eigenvalue weighted by Gasteiger charge is -2.29. The van der Waals surface area contributed by atoms with E-state index in [1.54, 1.807) is 19.1 Å². The number of nitrogens with zero attached hydrogens (tertiary/aromatic N) is 3. The fourth-order valence-electron chi connectivity index (χ4n) is 4.84. The highest BCUT2D eigenvalue weighted by atomic mass is 16.5. The van der Waals surface area contributed by atoms with Gasteiger partial charge in [0.15, 0.2) is 5.82 Å². The third kappa shape index (κ3) is 4.17. The minimum Gasteiger partial charge on any atom is -0.462 e. The minimum absolute atomic E-state index is 0.101. The molecular formula is C27H26N4O5. The van der Waals surface area contributed by atoms with Crippen molar-refractivity contribution in [2.75, 3.05) is 11.9 Å². The van der Waals surface area contributed by atoms with Crippen LogP contribution in [0.5, 0.6) is 0 Å². The number of anilines is 1. The van der Waals surface area contributed by atoms with Crippen LogP contribution in [0.15, 0.2) is 54.7 Å². The Balaban J connectivity index is 1.45. The van der Waals surface area contributed by atoms with Gasteiger partial charge < -0.3 is 10.1 Å². The molecule has 0 saturated heterocycles. The largest absolute Gasteiger partial charge is 0.462 e. The number of carbonyl (C=O) groups excluding carboxylic acids is 4. The zero-order valence-electron chi connectivity index (χ0n) is 19.9. The van der Waals surface area contributed by atoms with Crippen LogP contribution in [0.1, 0.15) is 80.5 Å². The van der Waals surface area contributed by atoms with Crippen LogP contribution >= 0.6 is 0 Å². The number of hydrogen-bond acceptors (Lipinski definition) is 6. The summed E-state index contributed by atoms with van der Waals surface area (Å²) in [7, 11) is 0. The molecule has 2 heterocycles. The van der Waals surface area contributed by atoms with Gasteiger partial charge in [0.1, 0.15) is 5.56 Å². The molecule has 0 unspecified atom stereocenters. The standard InChI is InChI=1S/C27H26N4O5/c1-2-36-27(35)22-16-28-31(19-11-7-4-8-12-19)23(22)29-24(32)17-13-14-20-21(15-17)26(34)30(25(20)33)18-9-5-3-6-10-18/h4,7-8,11-16,18H,2-3,5-6,9-10H2,1H3,(H,29,32). The molecule has 1 N–H and O–H groups in total. The predicted octanol–water partition coefficient (Wildman–Crippen LogP) is 4.23. The monoisotopic (exact) mass is 486 g/mol. The van der Waals surface area contributed by atoms with Crippen molar-refractivity contribution in [1.82, 2.24) is 14.7 Å². The molecule has 3 amide bonds. The fraction of sp³-hybridized carbons (Fsp3) is 0.296. The van der Waals surface area contributed by atoms with E-state index < -0.39 is 11.9 Å². The first-order valence-corrected chi connectivity index (χ1v) is 12.1. The Morgan fingerprint density at radius 2 is 1.72 bits per heavy atom. The smallest absolute Gasteiger partial charge is 0.343 e. The molecule has 3 aromatic rings. The van der Waals surface area contributed by atoms with Gasteiger partial charge in [0, 0.05) is 11.6 Å². The Kier molecular flexibility index (Phi) is 6.37.